The summed E-state index contributed by atoms with van der Waals surface area (Å²) in [6.07, 6.45) is 5.37. The van der Waals surface area contributed by atoms with Crippen LogP contribution in [0, 0.1) is 5.92 Å². The topological polar surface area (TPSA) is 59.1 Å². The summed E-state index contributed by atoms with van der Waals surface area (Å²) in [4.78, 5) is 4.23. The van der Waals surface area contributed by atoms with E-state index >= 15 is 0 Å². The fraction of sp³-hybridized carbons (Fsp3) is 0.545. The number of aliphatic hydroxyl groups is 1. The van der Waals surface area contributed by atoms with Gasteiger partial charge in [0.25, 0.3) is 0 Å². The molecule has 3 N–H and O–H groups in total. The van der Waals surface area contributed by atoms with Crippen LogP contribution in [-0.2, 0) is 6.61 Å². The molecular formula is C11H16N2O. The third kappa shape index (κ3) is 2.30. The van der Waals surface area contributed by atoms with Gasteiger partial charge in [0, 0.05) is 12.2 Å². The molecule has 0 radical (unpaired) electrons. The summed E-state index contributed by atoms with van der Waals surface area (Å²) < 4.78 is 0. The molecule has 3 nitrogen and oxygen atoms in total. The number of pyridine rings is 1. The van der Waals surface area contributed by atoms with Gasteiger partial charge in [-0.2, -0.15) is 0 Å². The molecule has 1 aliphatic carbocycles. The predicted molar refractivity (Wildman–Crippen MR) is 54.4 cm³/mol. The van der Waals surface area contributed by atoms with Gasteiger partial charge in [-0.05, 0) is 30.0 Å². The normalized spacial score (nSPS) is 18.1. The molecule has 76 valence electrons. The summed E-state index contributed by atoms with van der Waals surface area (Å²) in [5.74, 6) is 0.810. The van der Waals surface area contributed by atoms with E-state index in [2.05, 4.69) is 4.98 Å². The van der Waals surface area contributed by atoms with Crippen LogP contribution in [0.5, 0.6) is 0 Å². The Bertz CT molecular complexity index is 310. The van der Waals surface area contributed by atoms with Crippen LogP contribution < -0.4 is 5.73 Å². The van der Waals surface area contributed by atoms with E-state index in [0.717, 1.165) is 23.6 Å². The first-order valence-corrected chi connectivity index (χ1v) is 5.11. The lowest BCUT2D eigenvalue weighted by Crippen LogP contribution is -2.13. The van der Waals surface area contributed by atoms with Crippen molar-refractivity contribution >= 4 is 0 Å². The summed E-state index contributed by atoms with van der Waals surface area (Å²) in [6, 6.07) is 3.74. The number of hydrogen-bond donors (Lipinski definition) is 2. The van der Waals surface area contributed by atoms with Gasteiger partial charge in [-0.25, -0.2) is 0 Å². The number of rotatable bonds is 4. The van der Waals surface area contributed by atoms with Crippen molar-refractivity contribution in [3.8, 4) is 0 Å². The molecule has 1 aromatic heterocycles. The summed E-state index contributed by atoms with van der Waals surface area (Å²) in [5.41, 5.74) is 7.81. The van der Waals surface area contributed by atoms with Crippen molar-refractivity contribution in [3.63, 3.8) is 0 Å². The second-order valence-electron chi connectivity index (χ2n) is 4.03. The van der Waals surface area contributed by atoms with Gasteiger partial charge < -0.3 is 10.8 Å². The van der Waals surface area contributed by atoms with Gasteiger partial charge in [-0.1, -0.05) is 12.8 Å². The number of hydrogen-bond acceptors (Lipinski definition) is 3. The summed E-state index contributed by atoms with van der Waals surface area (Å²) in [5, 5.41) is 8.97. The molecule has 0 saturated heterocycles. The van der Waals surface area contributed by atoms with E-state index in [1.807, 2.05) is 12.1 Å². The number of nitrogens with zero attached hydrogens (tertiary/aromatic N) is 1. The molecule has 1 atom stereocenters. The Morgan fingerprint density at radius 3 is 3.00 bits per heavy atom. The quantitative estimate of drug-likeness (QED) is 0.757. The highest BCUT2D eigenvalue weighted by atomic mass is 16.3. The fourth-order valence-electron chi connectivity index (χ4n) is 1.63. The largest absolute Gasteiger partial charge is 0.392 e. The second kappa shape index (κ2) is 4.07. The van der Waals surface area contributed by atoms with Crippen LogP contribution in [0.4, 0.5) is 0 Å². The molecule has 0 amide bonds. The molecule has 1 aliphatic rings. The summed E-state index contributed by atoms with van der Waals surface area (Å²) in [6.45, 7) is 0.0612. The van der Waals surface area contributed by atoms with Gasteiger partial charge in [-0.3, -0.25) is 4.98 Å². The molecule has 0 bridgehead atoms. The van der Waals surface area contributed by atoms with E-state index in [-0.39, 0.29) is 12.6 Å². The zero-order valence-electron chi connectivity index (χ0n) is 8.19. The van der Waals surface area contributed by atoms with Crippen LogP contribution in [0.15, 0.2) is 18.3 Å². The zero-order chi connectivity index (χ0) is 9.97. The van der Waals surface area contributed by atoms with Crippen molar-refractivity contribution in [2.75, 3.05) is 0 Å². The Labute approximate surface area is 84.0 Å². The van der Waals surface area contributed by atoms with Crippen molar-refractivity contribution in [1.82, 2.24) is 4.98 Å². The zero-order valence-corrected chi connectivity index (χ0v) is 8.19. The SMILES string of the molecule is NC(CC1CC1)c1cc(CO)ccn1. The lowest BCUT2D eigenvalue weighted by molar-refractivity contribution is 0.281. The van der Waals surface area contributed by atoms with Gasteiger partial charge >= 0.3 is 0 Å². The number of aromatic nitrogens is 1. The van der Waals surface area contributed by atoms with Crippen molar-refractivity contribution in [2.24, 2.45) is 11.7 Å². The first-order valence-electron chi connectivity index (χ1n) is 5.11. The average Bonchev–Trinajstić information content (AvgIpc) is 3.02. The molecule has 3 heteroatoms. The van der Waals surface area contributed by atoms with Crippen molar-refractivity contribution in [2.45, 2.75) is 31.9 Å². The van der Waals surface area contributed by atoms with Gasteiger partial charge in [0.2, 0.25) is 0 Å². The highest BCUT2D eigenvalue weighted by molar-refractivity contribution is 5.18. The first kappa shape index (κ1) is 9.62. The number of aliphatic hydroxyl groups excluding tert-OH is 1. The van der Waals surface area contributed by atoms with Gasteiger partial charge in [0.15, 0.2) is 0 Å². The van der Waals surface area contributed by atoms with Crippen molar-refractivity contribution in [3.05, 3.63) is 29.6 Å². The third-order valence-electron chi connectivity index (χ3n) is 2.69. The van der Waals surface area contributed by atoms with Crippen molar-refractivity contribution in [1.29, 1.82) is 0 Å². The Balaban J connectivity index is 2.05. The second-order valence-corrected chi connectivity index (χ2v) is 4.03. The van der Waals surface area contributed by atoms with E-state index in [1.165, 1.54) is 12.8 Å². The van der Waals surface area contributed by atoms with Crippen LogP contribution >= 0.6 is 0 Å². The number of nitrogens with two attached hydrogens (primary N) is 1. The molecule has 0 aliphatic heterocycles. The van der Waals surface area contributed by atoms with Crippen molar-refractivity contribution < 1.29 is 5.11 Å². The van der Waals surface area contributed by atoms with E-state index < -0.39 is 0 Å². The molecule has 1 saturated carbocycles. The maximum atomic E-state index is 8.97. The summed E-state index contributed by atoms with van der Waals surface area (Å²) in [7, 11) is 0. The van der Waals surface area contributed by atoms with Crippen LogP contribution in [-0.4, -0.2) is 10.1 Å². The molecule has 1 aromatic rings. The van der Waals surface area contributed by atoms with E-state index in [9.17, 15) is 0 Å². The molecular weight excluding hydrogens is 176 g/mol. The third-order valence-corrected chi connectivity index (χ3v) is 2.69. The Kier molecular flexibility index (Phi) is 2.79. The van der Waals surface area contributed by atoms with Crippen LogP contribution in [0.25, 0.3) is 0 Å². The first-order chi connectivity index (χ1) is 6.79. The molecule has 1 unspecified atom stereocenters. The molecule has 1 fully saturated rings. The average molecular weight is 192 g/mol. The van der Waals surface area contributed by atoms with E-state index in [0.29, 0.717) is 0 Å². The minimum atomic E-state index is 0.0361. The van der Waals surface area contributed by atoms with Crippen LogP contribution in [0.2, 0.25) is 0 Å². The minimum Gasteiger partial charge on any atom is -0.392 e. The molecule has 14 heavy (non-hydrogen) atoms. The Hall–Kier alpha value is -0.930. The molecule has 0 spiro atoms. The van der Waals surface area contributed by atoms with Gasteiger partial charge in [0.1, 0.15) is 0 Å². The van der Waals surface area contributed by atoms with E-state index in [1.54, 1.807) is 6.20 Å². The standard InChI is InChI=1S/C11H16N2O/c12-10(5-8-1-2-8)11-6-9(7-14)3-4-13-11/h3-4,6,8,10,14H,1-2,5,7,12H2. The predicted octanol–water partition coefficient (Wildman–Crippen LogP) is 1.37. The molecule has 2 rings (SSSR count). The monoisotopic (exact) mass is 192 g/mol. The highest BCUT2D eigenvalue weighted by Crippen LogP contribution is 2.36. The van der Waals surface area contributed by atoms with Gasteiger partial charge in [0.05, 0.1) is 12.3 Å². The maximum Gasteiger partial charge on any atom is 0.0683 e. The van der Waals surface area contributed by atoms with Gasteiger partial charge in [-0.15, -0.1) is 0 Å². The molecule has 0 aromatic carbocycles. The highest BCUT2D eigenvalue weighted by Gasteiger charge is 2.24. The smallest absolute Gasteiger partial charge is 0.0683 e. The Morgan fingerprint density at radius 2 is 2.36 bits per heavy atom. The van der Waals surface area contributed by atoms with Crippen LogP contribution in [0.3, 0.4) is 0 Å². The lowest BCUT2D eigenvalue weighted by Gasteiger charge is -2.10. The fourth-order valence-corrected chi connectivity index (χ4v) is 1.63. The Morgan fingerprint density at radius 1 is 1.57 bits per heavy atom. The molecule has 1 heterocycles. The van der Waals surface area contributed by atoms with Crippen LogP contribution in [0.1, 0.15) is 36.6 Å². The maximum absolute atomic E-state index is 8.97. The lowest BCUT2D eigenvalue weighted by atomic mass is 10.1. The summed E-state index contributed by atoms with van der Waals surface area (Å²) >= 11 is 0. The van der Waals surface area contributed by atoms with E-state index in [4.69, 9.17) is 10.8 Å². The minimum absolute atomic E-state index is 0.0361.